The van der Waals surface area contributed by atoms with Crippen molar-refractivity contribution >= 4 is 66.8 Å². The van der Waals surface area contributed by atoms with Gasteiger partial charge >= 0.3 is 0 Å². The maximum Gasteiger partial charge on any atom is 0.241 e. The lowest BCUT2D eigenvalue weighted by Crippen LogP contribution is -2.23. The van der Waals surface area contributed by atoms with Crippen molar-refractivity contribution in [3.8, 4) is 11.3 Å². The van der Waals surface area contributed by atoms with E-state index < -0.39 is 21.5 Å². The van der Waals surface area contributed by atoms with Crippen LogP contribution < -0.4 is 5.32 Å². The van der Waals surface area contributed by atoms with Crippen molar-refractivity contribution in [2.75, 3.05) is 11.1 Å². The van der Waals surface area contributed by atoms with Crippen molar-refractivity contribution in [1.29, 1.82) is 0 Å². The van der Waals surface area contributed by atoms with Crippen molar-refractivity contribution in [2.45, 2.75) is 5.75 Å². The predicted octanol–water partition coefficient (Wildman–Crippen LogP) is 4.73. The monoisotopic (exact) mass is 446 g/mol. The Morgan fingerprint density at radius 3 is 2.58 bits per heavy atom. The number of halogens is 2. The molecule has 0 fully saturated rings. The first kappa shape index (κ1) is 19.3. The molecule has 0 unspecified atom stereocenters. The molecule has 3 aromatic rings. The number of benzene rings is 1. The van der Waals surface area contributed by atoms with E-state index in [4.69, 9.17) is 23.2 Å². The number of aromatic nitrogens is 1. The van der Waals surface area contributed by atoms with Crippen LogP contribution in [0.2, 0.25) is 8.67 Å². The fraction of sp³-hybridized carbons (Fsp3) is 0.125. The average Bonchev–Trinajstić information content (AvgIpc) is 3.13. The second-order valence-corrected chi connectivity index (χ2v) is 10.5. The molecule has 136 valence electrons. The normalized spacial score (nSPS) is 11.5. The third kappa shape index (κ3) is 5.05. The molecule has 1 aromatic carbocycles. The van der Waals surface area contributed by atoms with E-state index in [1.54, 1.807) is 41.8 Å². The Morgan fingerprint density at radius 1 is 1.19 bits per heavy atom. The van der Waals surface area contributed by atoms with Gasteiger partial charge in [-0.3, -0.25) is 4.79 Å². The molecule has 5 nitrogen and oxygen atoms in total. The highest BCUT2D eigenvalue weighted by atomic mass is 35.5. The maximum absolute atomic E-state index is 12.2. The minimum atomic E-state index is -3.57. The summed E-state index contributed by atoms with van der Waals surface area (Å²) >= 11 is 14.4. The molecular weight excluding hydrogens is 435 g/mol. The molecule has 3 rings (SSSR count). The smallest absolute Gasteiger partial charge is 0.241 e. The quantitative estimate of drug-likeness (QED) is 0.593. The first-order chi connectivity index (χ1) is 12.3. The zero-order chi connectivity index (χ0) is 18.7. The molecule has 0 saturated heterocycles. The Balaban J connectivity index is 1.64. The molecule has 0 saturated carbocycles. The van der Waals surface area contributed by atoms with Crippen LogP contribution in [-0.2, 0) is 20.4 Å². The molecule has 0 bridgehead atoms. The van der Waals surface area contributed by atoms with Crippen LogP contribution in [0.1, 0.15) is 5.56 Å². The fourth-order valence-corrected chi connectivity index (χ4v) is 5.69. The van der Waals surface area contributed by atoms with Crippen LogP contribution in [0.25, 0.3) is 11.3 Å². The molecule has 2 heterocycles. The minimum Gasteiger partial charge on any atom is -0.301 e. The van der Waals surface area contributed by atoms with Gasteiger partial charge in [-0.25, -0.2) is 13.4 Å². The summed E-state index contributed by atoms with van der Waals surface area (Å²) < 4.78 is 25.4. The number of sulfone groups is 1. The van der Waals surface area contributed by atoms with Gasteiger partial charge in [-0.1, -0.05) is 53.5 Å². The predicted molar refractivity (Wildman–Crippen MR) is 108 cm³/mol. The molecule has 0 atom stereocenters. The number of rotatable bonds is 6. The van der Waals surface area contributed by atoms with E-state index in [1.807, 2.05) is 0 Å². The molecule has 0 aliphatic rings. The second-order valence-electron chi connectivity index (χ2n) is 5.34. The zero-order valence-corrected chi connectivity index (χ0v) is 17.1. The Bertz CT molecular complexity index is 1030. The van der Waals surface area contributed by atoms with E-state index in [2.05, 4.69) is 10.3 Å². The summed E-state index contributed by atoms with van der Waals surface area (Å²) in [6.07, 6.45) is 0. The Hall–Kier alpha value is -1.45. The van der Waals surface area contributed by atoms with E-state index in [9.17, 15) is 13.2 Å². The van der Waals surface area contributed by atoms with Crippen LogP contribution in [0, 0.1) is 0 Å². The lowest BCUT2D eigenvalue weighted by Gasteiger charge is -2.04. The number of carbonyl (C=O) groups is 1. The first-order valence-corrected chi connectivity index (χ1v) is 11.5. The maximum atomic E-state index is 12.2. The van der Waals surface area contributed by atoms with Crippen LogP contribution in [0.3, 0.4) is 0 Å². The molecule has 1 amide bonds. The topological polar surface area (TPSA) is 76.1 Å². The summed E-state index contributed by atoms with van der Waals surface area (Å²) in [7, 11) is -3.57. The highest BCUT2D eigenvalue weighted by Gasteiger charge is 2.19. The van der Waals surface area contributed by atoms with Crippen molar-refractivity contribution in [1.82, 2.24) is 4.98 Å². The first-order valence-electron chi connectivity index (χ1n) is 7.27. The number of anilines is 1. The molecule has 26 heavy (non-hydrogen) atoms. The minimum absolute atomic E-state index is 0.187. The van der Waals surface area contributed by atoms with Crippen LogP contribution in [0.15, 0.2) is 41.8 Å². The van der Waals surface area contributed by atoms with Gasteiger partial charge in [0, 0.05) is 10.9 Å². The molecule has 1 N–H and O–H groups in total. The summed E-state index contributed by atoms with van der Waals surface area (Å²) in [6, 6.07) is 10.4. The van der Waals surface area contributed by atoms with Crippen molar-refractivity contribution < 1.29 is 13.2 Å². The van der Waals surface area contributed by atoms with E-state index in [-0.39, 0.29) is 5.75 Å². The van der Waals surface area contributed by atoms with Crippen molar-refractivity contribution in [3.05, 3.63) is 56.0 Å². The fourth-order valence-electron chi connectivity index (χ4n) is 2.20. The van der Waals surface area contributed by atoms with Gasteiger partial charge in [-0.2, -0.15) is 0 Å². The number of carbonyl (C=O) groups excluding carboxylic acids is 1. The van der Waals surface area contributed by atoms with Crippen molar-refractivity contribution in [2.24, 2.45) is 0 Å². The standard InChI is InChI=1S/C16H12Cl2N2O3S3/c17-13-6-11(15(18)25-13)12-7-24-16(19-12)20-14(21)9-26(22,23)8-10-4-2-1-3-5-10/h1-7H,8-9H2,(H,19,20,21). The van der Waals surface area contributed by atoms with Gasteiger partial charge in [0.1, 0.15) is 10.1 Å². The number of thiophene rings is 1. The molecule has 0 aliphatic heterocycles. The SMILES string of the molecule is O=C(CS(=O)(=O)Cc1ccccc1)Nc1nc(-c2cc(Cl)sc2Cl)cs1. The van der Waals surface area contributed by atoms with Crippen LogP contribution >= 0.6 is 45.9 Å². The lowest BCUT2D eigenvalue weighted by molar-refractivity contribution is -0.113. The highest BCUT2D eigenvalue weighted by molar-refractivity contribution is 7.91. The van der Waals surface area contributed by atoms with Gasteiger partial charge < -0.3 is 5.32 Å². The van der Waals surface area contributed by atoms with E-state index in [1.165, 1.54) is 22.7 Å². The van der Waals surface area contributed by atoms with Crippen LogP contribution in [-0.4, -0.2) is 25.1 Å². The number of nitrogens with zero attached hydrogens (tertiary/aromatic N) is 1. The van der Waals surface area contributed by atoms with Gasteiger partial charge in [0.05, 0.1) is 15.8 Å². The van der Waals surface area contributed by atoms with E-state index in [0.717, 1.165) is 0 Å². The molecule has 10 heteroatoms. The molecule has 2 aromatic heterocycles. The van der Waals surface area contributed by atoms with Crippen molar-refractivity contribution in [3.63, 3.8) is 0 Å². The number of thiazole rings is 1. The third-order valence-corrected chi connectivity index (χ3v) is 6.98. The van der Waals surface area contributed by atoms with Crippen LogP contribution in [0.5, 0.6) is 0 Å². The summed E-state index contributed by atoms with van der Waals surface area (Å²) in [4.78, 5) is 16.3. The Morgan fingerprint density at radius 2 is 1.92 bits per heavy atom. The molecule has 0 aliphatic carbocycles. The average molecular weight is 447 g/mol. The van der Waals surface area contributed by atoms with E-state index in [0.29, 0.717) is 30.6 Å². The number of hydrogen-bond donors (Lipinski definition) is 1. The third-order valence-electron chi connectivity index (χ3n) is 3.26. The zero-order valence-electron chi connectivity index (χ0n) is 13.1. The summed E-state index contributed by atoms with van der Waals surface area (Å²) in [6.45, 7) is 0. The van der Waals surface area contributed by atoms with Gasteiger partial charge in [0.2, 0.25) is 5.91 Å². The number of hydrogen-bond acceptors (Lipinski definition) is 6. The Labute approximate surface area is 168 Å². The summed E-state index contributed by atoms with van der Waals surface area (Å²) in [5.74, 6) is -1.42. The molecular formula is C16H12Cl2N2O3S3. The highest BCUT2D eigenvalue weighted by Crippen LogP contribution is 2.38. The number of amides is 1. The van der Waals surface area contributed by atoms with Gasteiger partial charge in [-0.05, 0) is 11.6 Å². The van der Waals surface area contributed by atoms with E-state index >= 15 is 0 Å². The lowest BCUT2D eigenvalue weighted by atomic mass is 10.2. The molecule has 0 radical (unpaired) electrons. The molecule has 0 spiro atoms. The van der Waals surface area contributed by atoms with Gasteiger partial charge in [0.25, 0.3) is 0 Å². The summed E-state index contributed by atoms with van der Waals surface area (Å²) in [5.41, 5.74) is 1.89. The number of nitrogens with one attached hydrogen (secondary N) is 1. The largest absolute Gasteiger partial charge is 0.301 e. The Kier molecular flexibility index (Phi) is 5.99. The summed E-state index contributed by atoms with van der Waals surface area (Å²) in [5, 5.41) is 4.54. The second kappa shape index (κ2) is 8.06. The van der Waals surface area contributed by atoms with Gasteiger partial charge in [0.15, 0.2) is 15.0 Å². The van der Waals surface area contributed by atoms with Gasteiger partial charge in [-0.15, -0.1) is 22.7 Å². The van der Waals surface area contributed by atoms with Crippen LogP contribution in [0.4, 0.5) is 5.13 Å².